The predicted molar refractivity (Wildman–Crippen MR) is 115 cm³/mol. The van der Waals surface area contributed by atoms with Crippen molar-refractivity contribution in [2.24, 2.45) is 5.10 Å². The highest BCUT2D eigenvalue weighted by Crippen LogP contribution is 2.46. The summed E-state index contributed by atoms with van der Waals surface area (Å²) in [4.78, 5) is 14.0. The zero-order valence-electron chi connectivity index (χ0n) is 15.9. The SMILES string of the molecule is CN1/C(=C/C=N/NC(=O)COc2ccc(Cl)cc2Cl)C(C)(C)c2ccccc21. The molecule has 0 saturated heterocycles. The van der Waals surface area contributed by atoms with E-state index in [4.69, 9.17) is 27.9 Å². The summed E-state index contributed by atoms with van der Waals surface area (Å²) in [5.74, 6) is 0.00222. The van der Waals surface area contributed by atoms with Gasteiger partial charge in [0.25, 0.3) is 5.91 Å². The summed E-state index contributed by atoms with van der Waals surface area (Å²) >= 11 is 11.8. The van der Waals surface area contributed by atoms with E-state index >= 15 is 0 Å². The number of fused-ring (bicyclic) bond motifs is 1. The van der Waals surface area contributed by atoms with E-state index in [9.17, 15) is 4.79 Å². The number of carbonyl (C=O) groups is 1. The van der Waals surface area contributed by atoms with Crippen LogP contribution in [0, 0.1) is 0 Å². The number of carbonyl (C=O) groups excluding carboxylic acids is 1. The monoisotopic (exact) mass is 417 g/mol. The van der Waals surface area contributed by atoms with Gasteiger partial charge < -0.3 is 9.64 Å². The van der Waals surface area contributed by atoms with Crippen molar-refractivity contribution in [3.8, 4) is 5.75 Å². The number of likely N-dealkylation sites (N-methyl/N-ethyl adjacent to an activating group) is 1. The van der Waals surface area contributed by atoms with Crippen molar-refractivity contribution < 1.29 is 9.53 Å². The molecule has 5 nitrogen and oxygen atoms in total. The summed E-state index contributed by atoms with van der Waals surface area (Å²) in [5, 5.41) is 4.83. The summed E-state index contributed by atoms with van der Waals surface area (Å²) in [6.45, 7) is 4.13. The second-order valence-electron chi connectivity index (χ2n) is 6.93. The summed E-state index contributed by atoms with van der Waals surface area (Å²) < 4.78 is 5.38. The Morgan fingerprint density at radius 2 is 2.00 bits per heavy atom. The molecule has 3 rings (SSSR count). The van der Waals surface area contributed by atoms with Crippen molar-refractivity contribution in [1.29, 1.82) is 0 Å². The minimum atomic E-state index is -0.386. The molecule has 0 atom stereocenters. The predicted octanol–water partition coefficient (Wildman–Crippen LogP) is 4.79. The number of ether oxygens (including phenoxy) is 1. The summed E-state index contributed by atoms with van der Waals surface area (Å²) in [6, 6.07) is 13.1. The Kier molecular flexibility index (Phi) is 5.96. The van der Waals surface area contributed by atoms with Gasteiger partial charge >= 0.3 is 0 Å². The molecule has 0 aromatic heterocycles. The van der Waals surface area contributed by atoms with E-state index in [1.54, 1.807) is 24.4 Å². The van der Waals surface area contributed by atoms with Gasteiger partial charge in [-0.25, -0.2) is 5.43 Å². The van der Waals surface area contributed by atoms with Crippen LogP contribution in [0.25, 0.3) is 0 Å². The van der Waals surface area contributed by atoms with E-state index in [-0.39, 0.29) is 17.9 Å². The molecule has 2 aromatic carbocycles. The van der Waals surface area contributed by atoms with Gasteiger partial charge in [-0.05, 0) is 35.9 Å². The number of amides is 1. The molecule has 0 aliphatic carbocycles. The Morgan fingerprint density at radius 3 is 2.71 bits per heavy atom. The van der Waals surface area contributed by atoms with Crippen molar-refractivity contribution in [3.05, 3.63) is 69.8 Å². The van der Waals surface area contributed by atoms with E-state index in [0.717, 1.165) is 5.70 Å². The molecular formula is C21H21Cl2N3O2. The first kappa shape index (κ1) is 20.2. The second-order valence-corrected chi connectivity index (χ2v) is 7.77. The molecule has 2 aromatic rings. The van der Waals surface area contributed by atoms with Crippen LogP contribution in [0.15, 0.2) is 59.3 Å². The van der Waals surface area contributed by atoms with Gasteiger partial charge in [0.15, 0.2) is 6.61 Å². The minimum Gasteiger partial charge on any atom is -0.482 e. The third-order valence-electron chi connectivity index (χ3n) is 4.69. The van der Waals surface area contributed by atoms with Crippen molar-refractivity contribution in [3.63, 3.8) is 0 Å². The third kappa shape index (κ3) is 4.16. The third-order valence-corrected chi connectivity index (χ3v) is 5.22. The first-order valence-electron chi connectivity index (χ1n) is 8.74. The molecule has 7 heteroatoms. The Morgan fingerprint density at radius 1 is 1.25 bits per heavy atom. The standard InChI is InChI=1S/C21H21Cl2N3O2/c1-21(2)15-6-4-5-7-17(15)26(3)19(21)10-11-24-25-20(27)13-28-18-9-8-14(22)12-16(18)23/h4-12H,13H2,1-3H3,(H,25,27)/b19-10+,24-11+. The Bertz CT molecular complexity index is 954. The van der Waals surface area contributed by atoms with Crippen LogP contribution in [0.1, 0.15) is 19.4 Å². The molecule has 28 heavy (non-hydrogen) atoms. The van der Waals surface area contributed by atoms with Crippen LogP contribution in [0.2, 0.25) is 10.0 Å². The number of anilines is 1. The van der Waals surface area contributed by atoms with Crippen molar-refractivity contribution >= 4 is 41.0 Å². The molecular weight excluding hydrogens is 397 g/mol. The molecule has 1 heterocycles. The zero-order chi connectivity index (χ0) is 20.3. The lowest BCUT2D eigenvalue weighted by Crippen LogP contribution is -2.25. The number of nitrogens with one attached hydrogen (secondary N) is 1. The van der Waals surface area contributed by atoms with Crippen molar-refractivity contribution in [1.82, 2.24) is 5.43 Å². The molecule has 0 saturated carbocycles. The fourth-order valence-electron chi connectivity index (χ4n) is 3.29. The number of allylic oxidation sites excluding steroid dienone is 2. The van der Waals surface area contributed by atoms with Gasteiger partial charge in [-0.2, -0.15) is 5.10 Å². The lowest BCUT2D eigenvalue weighted by Gasteiger charge is -2.23. The van der Waals surface area contributed by atoms with Crippen LogP contribution in [-0.4, -0.2) is 25.8 Å². The Hall–Kier alpha value is -2.50. The van der Waals surface area contributed by atoms with Gasteiger partial charge in [0.05, 0.1) is 5.02 Å². The molecule has 146 valence electrons. The average Bonchev–Trinajstić information content (AvgIpc) is 2.85. The normalized spacial score (nSPS) is 16.5. The average molecular weight is 418 g/mol. The number of nitrogens with zero attached hydrogens (tertiary/aromatic N) is 2. The summed E-state index contributed by atoms with van der Waals surface area (Å²) in [7, 11) is 2.02. The van der Waals surface area contributed by atoms with Crippen LogP contribution in [-0.2, 0) is 10.2 Å². The molecule has 0 fully saturated rings. The number of halogens is 2. The maximum atomic E-state index is 11.9. The van der Waals surface area contributed by atoms with Gasteiger partial charge in [-0.3, -0.25) is 4.79 Å². The van der Waals surface area contributed by atoms with Crippen molar-refractivity contribution in [2.75, 3.05) is 18.6 Å². The lowest BCUT2D eigenvalue weighted by molar-refractivity contribution is -0.123. The van der Waals surface area contributed by atoms with Crippen LogP contribution >= 0.6 is 23.2 Å². The molecule has 0 spiro atoms. The van der Waals surface area contributed by atoms with Crippen LogP contribution in [0.4, 0.5) is 5.69 Å². The fraction of sp³-hybridized carbons (Fsp3) is 0.238. The smallest absolute Gasteiger partial charge is 0.277 e. The number of hydrogen-bond donors (Lipinski definition) is 1. The van der Waals surface area contributed by atoms with Crippen LogP contribution in [0.5, 0.6) is 5.75 Å². The number of rotatable bonds is 5. The number of para-hydroxylation sites is 1. The van der Waals surface area contributed by atoms with Gasteiger partial charge in [0, 0.05) is 35.1 Å². The fourth-order valence-corrected chi connectivity index (χ4v) is 3.75. The van der Waals surface area contributed by atoms with E-state index in [2.05, 4.69) is 41.4 Å². The minimum absolute atomic E-state index is 0.143. The maximum Gasteiger partial charge on any atom is 0.277 e. The molecule has 0 radical (unpaired) electrons. The number of hydrazone groups is 1. The maximum absolute atomic E-state index is 11.9. The highest BCUT2D eigenvalue weighted by Gasteiger charge is 2.37. The number of hydrogen-bond acceptors (Lipinski definition) is 4. The highest BCUT2D eigenvalue weighted by atomic mass is 35.5. The first-order chi connectivity index (χ1) is 13.3. The highest BCUT2D eigenvalue weighted by molar-refractivity contribution is 6.35. The largest absolute Gasteiger partial charge is 0.482 e. The van der Waals surface area contributed by atoms with Crippen LogP contribution in [0.3, 0.4) is 0 Å². The molecule has 1 N–H and O–H groups in total. The van der Waals surface area contributed by atoms with Gasteiger partial charge in [0.1, 0.15) is 5.75 Å². The Labute approximate surface area is 174 Å². The first-order valence-corrected chi connectivity index (χ1v) is 9.50. The quantitative estimate of drug-likeness (QED) is 0.562. The molecule has 1 aliphatic heterocycles. The van der Waals surface area contributed by atoms with E-state index in [1.807, 2.05) is 25.3 Å². The number of benzene rings is 2. The Balaban J connectivity index is 1.58. The second kappa shape index (κ2) is 8.25. The van der Waals surface area contributed by atoms with Crippen LogP contribution < -0.4 is 15.1 Å². The van der Waals surface area contributed by atoms with Gasteiger partial charge in [-0.15, -0.1) is 0 Å². The van der Waals surface area contributed by atoms with Gasteiger partial charge in [-0.1, -0.05) is 55.2 Å². The van der Waals surface area contributed by atoms with Gasteiger partial charge in [0.2, 0.25) is 0 Å². The topological polar surface area (TPSA) is 53.9 Å². The summed E-state index contributed by atoms with van der Waals surface area (Å²) in [6.07, 6.45) is 3.48. The zero-order valence-corrected chi connectivity index (χ0v) is 17.4. The molecule has 1 aliphatic rings. The summed E-state index contributed by atoms with van der Waals surface area (Å²) in [5.41, 5.74) is 5.82. The molecule has 0 unspecified atom stereocenters. The molecule has 1 amide bonds. The van der Waals surface area contributed by atoms with E-state index in [1.165, 1.54) is 11.3 Å². The van der Waals surface area contributed by atoms with E-state index in [0.29, 0.717) is 15.8 Å². The van der Waals surface area contributed by atoms with Crippen molar-refractivity contribution in [2.45, 2.75) is 19.3 Å². The van der Waals surface area contributed by atoms with E-state index < -0.39 is 0 Å². The molecule has 0 bridgehead atoms. The lowest BCUT2D eigenvalue weighted by atomic mass is 9.84.